The molecule has 0 bridgehead atoms. The van der Waals surface area contributed by atoms with E-state index in [2.05, 4.69) is 15.0 Å². The summed E-state index contributed by atoms with van der Waals surface area (Å²) >= 11 is 0. The smallest absolute Gasteiger partial charge is 0.263 e. The van der Waals surface area contributed by atoms with Crippen LogP contribution in [0.5, 0.6) is 11.5 Å². The Hall–Kier alpha value is -3.26. The molecule has 0 saturated heterocycles. The molecule has 0 aliphatic carbocycles. The number of fused-ring (bicyclic) bond motifs is 1. The molecule has 0 saturated carbocycles. The lowest BCUT2D eigenvalue weighted by Gasteiger charge is -2.09. The number of ether oxygens (including phenoxy) is 2. The zero-order chi connectivity index (χ0) is 18.0. The summed E-state index contributed by atoms with van der Waals surface area (Å²) in [6, 6.07) is 17.4. The lowest BCUT2D eigenvalue weighted by atomic mass is 10.3. The zero-order valence-electron chi connectivity index (χ0n) is 13.5. The predicted octanol–water partition coefficient (Wildman–Crippen LogP) is 3.35. The number of hydrogen-bond donors (Lipinski definition) is 2. The van der Waals surface area contributed by atoms with Crippen LogP contribution in [0.1, 0.15) is 0 Å². The number of sulfonamides is 1. The molecule has 2 heterocycles. The number of benzene rings is 2. The molecule has 2 aromatic carbocycles. The topological polar surface area (TPSA) is 89.6 Å². The molecule has 0 spiro atoms. The number of rotatable bonds is 5. The summed E-state index contributed by atoms with van der Waals surface area (Å²) < 4.78 is 37.9. The normalized spacial score (nSPS) is 12.6. The summed E-state index contributed by atoms with van der Waals surface area (Å²) in [6.07, 6.45) is 1.56. The average molecular weight is 369 g/mol. The Morgan fingerprint density at radius 2 is 1.69 bits per heavy atom. The van der Waals surface area contributed by atoms with Gasteiger partial charge in [-0.2, -0.15) is 0 Å². The van der Waals surface area contributed by atoms with Crippen LogP contribution in [0, 0.1) is 0 Å². The first-order valence-electron chi connectivity index (χ1n) is 7.81. The molecule has 4 rings (SSSR count). The zero-order valence-corrected chi connectivity index (χ0v) is 14.4. The SMILES string of the molecule is O=S(=O)(Nc1ccc(Nc2ccccc2)cn1)c1ccc2c(c1)OCO2. The van der Waals surface area contributed by atoms with E-state index in [0.29, 0.717) is 11.5 Å². The van der Waals surface area contributed by atoms with Gasteiger partial charge in [-0.05, 0) is 36.4 Å². The van der Waals surface area contributed by atoms with Gasteiger partial charge in [0.25, 0.3) is 10.0 Å². The number of nitrogens with zero attached hydrogens (tertiary/aromatic N) is 1. The molecule has 2 N–H and O–H groups in total. The molecule has 1 aliphatic heterocycles. The summed E-state index contributed by atoms with van der Waals surface area (Å²) in [6.45, 7) is 0.0870. The van der Waals surface area contributed by atoms with Crippen LogP contribution in [-0.4, -0.2) is 20.2 Å². The Labute approximate surface area is 150 Å². The number of para-hydroxylation sites is 1. The van der Waals surface area contributed by atoms with E-state index in [1.165, 1.54) is 12.1 Å². The van der Waals surface area contributed by atoms with Crippen molar-refractivity contribution in [3.63, 3.8) is 0 Å². The first-order chi connectivity index (χ1) is 12.6. The van der Waals surface area contributed by atoms with E-state index < -0.39 is 10.0 Å². The van der Waals surface area contributed by atoms with Crippen LogP contribution in [-0.2, 0) is 10.0 Å². The second-order valence-corrected chi connectivity index (χ2v) is 7.23. The molecular weight excluding hydrogens is 354 g/mol. The molecule has 3 aromatic rings. The molecular formula is C18H15N3O4S. The summed E-state index contributed by atoms with van der Waals surface area (Å²) in [7, 11) is -3.78. The van der Waals surface area contributed by atoms with Crippen LogP contribution in [0.15, 0.2) is 71.8 Å². The fourth-order valence-electron chi connectivity index (χ4n) is 2.46. The minimum absolute atomic E-state index is 0.0787. The van der Waals surface area contributed by atoms with Crippen molar-refractivity contribution >= 4 is 27.2 Å². The van der Waals surface area contributed by atoms with Gasteiger partial charge in [-0.1, -0.05) is 18.2 Å². The average Bonchev–Trinajstić information content (AvgIpc) is 3.12. The van der Waals surface area contributed by atoms with Gasteiger partial charge in [0.15, 0.2) is 11.5 Å². The number of anilines is 3. The number of hydrogen-bond acceptors (Lipinski definition) is 6. The molecule has 8 heteroatoms. The first-order valence-corrected chi connectivity index (χ1v) is 9.29. The van der Waals surface area contributed by atoms with Gasteiger partial charge in [0.1, 0.15) is 5.82 Å². The highest BCUT2D eigenvalue weighted by Crippen LogP contribution is 2.34. The molecule has 7 nitrogen and oxygen atoms in total. The van der Waals surface area contributed by atoms with E-state index in [0.717, 1.165) is 11.4 Å². The second-order valence-electron chi connectivity index (χ2n) is 5.54. The van der Waals surface area contributed by atoms with E-state index in [1.54, 1.807) is 24.4 Å². The van der Waals surface area contributed by atoms with Crippen LogP contribution in [0.3, 0.4) is 0 Å². The summed E-state index contributed by atoms with van der Waals surface area (Å²) in [5, 5.41) is 3.18. The van der Waals surface area contributed by atoms with Crippen molar-refractivity contribution in [1.82, 2.24) is 4.98 Å². The fourth-order valence-corrected chi connectivity index (χ4v) is 3.48. The molecule has 0 fully saturated rings. The van der Waals surface area contributed by atoms with E-state index in [4.69, 9.17) is 9.47 Å². The van der Waals surface area contributed by atoms with Crippen molar-refractivity contribution in [3.8, 4) is 11.5 Å². The van der Waals surface area contributed by atoms with E-state index >= 15 is 0 Å². The second kappa shape index (κ2) is 6.57. The van der Waals surface area contributed by atoms with Gasteiger partial charge in [-0.15, -0.1) is 0 Å². The largest absolute Gasteiger partial charge is 0.454 e. The number of nitrogens with one attached hydrogen (secondary N) is 2. The Morgan fingerprint density at radius 3 is 2.46 bits per heavy atom. The van der Waals surface area contributed by atoms with Gasteiger partial charge in [0.05, 0.1) is 16.8 Å². The third-order valence-electron chi connectivity index (χ3n) is 3.72. The van der Waals surface area contributed by atoms with Gasteiger partial charge in [0.2, 0.25) is 6.79 Å². The maximum absolute atomic E-state index is 12.5. The van der Waals surface area contributed by atoms with Gasteiger partial charge in [-0.25, -0.2) is 13.4 Å². The third kappa shape index (κ3) is 3.40. The molecule has 0 atom stereocenters. The van der Waals surface area contributed by atoms with E-state index in [1.807, 2.05) is 30.3 Å². The van der Waals surface area contributed by atoms with Gasteiger partial charge in [-0.3, -0.25) is 4.72 Å². The lowest BCUT2D eigenvalue weighted by Crippen LogP contribution is -2.13. The number of aromatic nitrogens is 1. The first kappa shape index (κ1) is 16.2. The van der Waals surface area contributed by atoms with Crippen molar-refractivity contribution in [2.24, 2.45) is 0 Å². The van der Waals surface area contributed by atoms with Crippen molar-refractivity contribution in [2.75, 3.05) is 16.8 Å². The molecule has 1 aromatic heterocycles. The Morgan fingerprint density at radius 1 is 0.885 bits per heavy atom. The van der Waals surface area contributed by atoms with Crippen LogP contribution in [0.2, 0.25) is 0 Å². The maximum Gasteiger partial charge on any atom is 0.263 e. The Kier molecular flexibility index (Phi) is 4.10. The van der Waals surface area contributed by atoms with Crippen LogP contribution in [0.4, 0.5) is 17.2 Å². The monoisotopic (exact) mass is 369 g/mol. The van der Waals surface area contributed by atoms with Gasteiger partial charge in [0, 0.05) is 11.8 Å². The third-order valence-corrected chi connectivity index (χ3v) is 5.07. The van der Waals surface area contributed by atoms with E-state index in [-0.39, 0.29) is 17.5 Å². The van der Waals surface area contributed by atoms with Crippen LogP contribution in [0.25, 0.3) is 0 Å². The minimum Gasteiger partial charge on any atom is -0.454 e. The molecule has 1 aliphatic rings. The summed E-state index contributed by atoms with van der Waals surface area (Å²) in [5.74, 6) is 1.16. The van der Waals surface area contributed by atoms with Crippen LogP contribution >= 0.6 is 0 Å². The maximum atomic E-state index is 12.5. The molecule has 0 radical (unpaired) electrons. The van der Waals surface area contributed by atoms with Crippen molar-refractivity contribution in [3.05, 3.63) is 66.9 Å². The molecule has 26 heavy (non-hydrogen) atoms. The van der Waals surface area contributed by atoms with Crippen molar-refractivity contribution in [1.29, 1.82) is 0 Å². The molecule has 0 unspecified atom stereocenters. The Bertz CT molecular complexity index is 1020. The summed E-state index contributed by atoms with van der Waals surface area (Å²) in [5.41, 5.74) is 1.67. The number of pyridine rings is 1. The van der Waals surface area contributed by atoms with Gasteiger partial charge >= 0.3 is 0 Å². The standard InChI is InChI=1S/C18H15N3O4S/c22-26(23,15-7-8-16-17(10-15)25-12-24-16)21-18-9-6-14(11-19-18)20-13-4-2-1-3-5-13/h1-11,20H,12H2,(H,19,21). The molecule has 132 valence electrons. The highest BCUT2D eigenvalue weighted by molar-refractivity contribution is 7.92. The fraction of sp³-hybridized carbons (Fsp3) is 0.0556. The lowest BCUT2D eigenvalue weighted by molar-refractivity contribution is 0.174. The highest BCUT2D eigenvalue weighted by atomic mass is 32.2. The minimum atomic E-state index is -3.78. The van der Waals surface area contributed by atoms with Crippen molar-refractivity contribution in [2.45, 2.75) is 4.90 Å². The quantitative estimate of drug-likeness (QED) is 0.717. The van der Waals surface area contributed by atoms with Gasteiger partial charge < -0.3 is 14.8 Å². The van der Waals surface area contributed by atoms with E-state index in [9.17, 15) is 8.42 Å². The summed E-state index contributed by atoms with van der Waals surface area (Å²) in [4.78, 5) is 4.23. The predicted molar refractivity (Wildman–Crippen MR) is 97.3 cm³/mol. The Balaban J connectivity index is 1.49. The highest BCUT2D eigenvalue weighted by Gasteiger charge is 2.20. The molecule has 0 amide bonds. The van der Waals surface area contributed by atoms with Crippen LogP contribution < -0.4 is 19.5 Å². The van der Waals surface area contributed by atoms with Crippen molar-refractivity contribution < 1.29 is 17.9 Å².